The average Bonchev–Trinajstić information content (AvgIpc) is 2.71. The van der Waals surface area contributed by atoms with Crippen LogP contribution in [0.5, 0.6) is 0 Å². The number of aromatic nitrogens is 1. The van der Waals surface area contributed by atoms with E-state index in [9.17, 15) is 14.7 Å². The van der Waals surface area contributed by atoms with Gasteiger partial charge in [-0.2, -0.15) is 0 Å². The van der Waals surface area contributed by atoms with E-state index in [1.165, 1.54) is 12.3 Å². The minimum Gasteiger partial charge on any atom is -0.393 e. The quantitative estimate of drug-likeness (QED) is 0.666. The Labute approximate surface area is 106 Å². The van der Waals surface area contributed by atoms with Crippen molar-refractivity contribution in [1.29, 1.82) is 0 Å². The van der Waals surface area contributed by atoms with E-state index in [-0.39, 0.29) is 5.91 Å². The number of nitrogens with zero attached hydrogens (tertiary/aromatic N) is 1. The van der Waals surface area contributed by atoms with E-state index >= 15 is 0 Å². The maximum Gasteiger partial charge on any atom is 0.267 e. The molecule has 0 aromatic carbocycles. The molecule has 100 valence electrons. The predicted octanol–water partition coefficient (Wildman–Crippen LogP) is 0.0148. The molecule has 0 saturated carbocycles. The highest BCUT2D eigenvalue weighted by molar-refractivity contribution is 5.98. The normalized spacial score (nSPS) is 12.2. The summed E-state index contributed by atoms with van der Waals surface area (Å²) in [4.78, 5) is 22.8. The van der Waals surface area contributed by atoms with Gasteiger partial charge in [-0.05, 0) is 18.9 Å². The van der Waals surface area contributed by atoms with Gasteiger partial charge in [0.05, 0.1) is 11.7 Å². The number of carbonyl (C=O) groups is 2. The Kier molecular flexibility index (Phi) is 4.91. The van der Waals surface area contributed by atoms with Gasteiger partial charge in [0.25, 0.3) is 5.91 Å². The minimum atomic E-state index is -0.564. The fraction of sp³-hybridized carbons (Fsp3) is 0.500. The number of hydrogen-bond donors (Lipinski definition) is 3. The Morgan fingerprint density at radius 3 is 2.72 bits per heavy atom. The molecule has 1 atom stereocenters. The van der Waals surface area contributed by atoms with Crippen LogP contribution in [0.3, 0.4) is 0 Å². The number of aryl methyl sites for hydroxylation is 1. The third kappa shape index (κ3) is 3.59. The van der Waals surface area contributed by atoms with Gasteiger partial charge in [-0.3, -0.25) is 9.59 Å². The molecule has 0 radical (unpaired) electrons. The Balaban J connectivity index is 2.59. The number of aliphatic hydroxyl groups excluding tert-OH is 1. The molecule has 0 aliphatic heterocycles. The van der Waals surface area contributed by atoms with Crippen molar-refractivity contribution in [3.05, 3.63) is 23.5 Å². The van der Waals surface area contributed by atoms with Crippen molar-refractivity contribution in [3.63, 3.8) is 0 Å². The zero-order chi connectivity index (χ0) is 13.7. The Morgan fingerprint density at radius 1 is 1.56 bits per heavy atom. The van der Waals surface area contributed by atoms with Gasteiger partial charge in [-0.1, -0.05) is 6.92 Å². The summed E-state index contributed by atoms with van der Waals surface area (Å²) >= 11 is 0. The number of nitrogens with one attached hydrogen (secondary N) is 1. The van der Waals surface area contributed by atoms with E-state index in [0.29, 0.717) is 30.6 Å². The predicted molar refractivity (Wildman–Crippen MR) is 67.2 cm³/mol. The SMILES string of the molecule is CCC(O)CCNC(=O)c1cc(C(N)=O)cn1C. The summed E-state index contributed by atoms with van der Waals surface area (Å²) in [6.45, 7) is 2.27. The van der Waals surface area contributed by atoms with Crippen LogP contribution in [-0.4, -0.2) is 34.1 Å². The molecule has 0 saturated heterocycles. The van der Waals surface area contributed by atoms with Gasteiger partial charge in [0.15, 0.2) is 0 Å². The fourth-order valence-corrected chi connectivity index (χ4v) is 1.57. The second-order valence-electron chi connectivity index (χ2n) is 4.20. The van der Waals surface area contributed by atoms with E-state index in [1.54, 1.807) is 11.6 Å². The average molecular weight is 253 g/mol. The summed E-state index contributed by atoms with van der Waals surface area (Å²) in [5.74, 6) is -0.848. The van der Waals surface area contributed by atoms with E-state index in [0.717, 1.165) is 0 Å². The van der Waals surface area contributed by atoms with Crippen LogP contribution in [0.15, 0.2) is 12.3 Å². The molecular formula is C12H19N3O3. The summed E-state index contributed by atoms with van der Waals surface area (Å²) in [5.41, 5.74) is 5.81. The van der Waals surface area contributed by atoms with Crippen LogP contribution in [0.25, 0.3) is 0 Å². The molecule has 6 nitrogen and oxygen atoms in total. The van der Waals surface area contributed by atoms with Crippen LogP contribution in [-0.2, 0) is 7.05 Å². The Morgan fingerprint density at radius 2 is 2.22 bits per heavy atom. The molecule has 0 aliphatic carbocycles. The van der Waals surface area contributed by atoms with Crippen LogP contribution >= 0.6 is 0 Å². The summed E-state index contributed by atoms with van der Waals surface area (Å²) in [6, 6.07) is 1.45. The molecule has 1 heterocycles. The lowest BCUT2D eigenvalue weighted by molar-refractivity contribution is 0.0933. The van der Waals surface area contributed by atoms with Crippen LogP contribution in [0.4, 0.5) is 0 Å². The van der Waals surface area contributed by atoms with E-state index in [4.69, 9.17) is 5.73 Å². The van der Waals surface area contributed by atoms with Gasteiger partial charge in [0, 0.05) is 19.8 Å². The topological polar surface area (TPSA) is 97.3 Å². The van der Waals surface area contributed by atoms with Crippen LogP contribution in [0.2, 0.25) is 0 Å². The van der Waals surface area contributed by atoms with Crippen molar-refractivity contribution in [2.75, 3.05) is 6.54 Å². The second kappa shape index (κ2) is 6.20. The highest BCUT2D eigenvalue weighted by atomic mass is 16.3. The van der Waals surface area contributed by atoms with Gasteiger partial charge in [-0.15, -0.1) is 0 Å². The first-order valence-electron chi connectivity index (χ1n) is 5.88. The molecule has 0 aliphatic rings. The number of primary amides is 1. The molecule has 0 bridgehead atoms. The molecule has 1 aromatic heterocycles. The third-order valence-electron chi connectivity index (χ3n) is 2.76. The lowest BCUT2D eigenvalue weighted by Gasteiger charge is -2.09. The van der Waals surface area contributed by atoms with Crippen molar-refractivity contribution < 1.29 is 14.7 Å². The number of rotatable bonds is 6. The first-order valence-corrected chi connectivity index (χ1v) is 5.88. The van der Waals surface area contributed by atoms with Crippen LogP contribution in [0.1, 0.15) is 40.6 Å². The van der Waals surface area contributed by atoms with E-state index < -0.39 is 12.0 Å². The Hall–Kier alpha value is -1.82. The van der Waals surface area contributed by atoms with Gasteiger partial charge in [-0.25, -0.2) is 0 Å². The van der Waals surface area contributed by atoms with Crippen molar-refractivity contribution in [3.8, 4) is 0 Å². The van der Waals surface area contributed by atoms with Crippen LogP contribution in [0, 0.1) is 0 Å². The molecule has 1 aromatic rings. The molecule has 1 unspecified atom stereocenters. The molecule has 1 rings (SSSR count). The highest BCUT2D eigenvalue weighted by Gasteiger charge is 2.14. The van der Waals surface area contributed by atoms with Crippen molar-refractivity contribution in [2.45, 2.75) is 25.9 Å². The second-order valence-corrected chi connectivity index (χ2v) is 4.20. The minimum absolute atomic E-state index is 0.284. The van der Waals surface area contributed by atoms with Gasteiger partial charge < -0.3 is 20.7 Å². The zero-order valence-corrected chi connectivity index (χ0v) is 10.6. The molecular weight excluding hydrogens is 234 g/mol. The van der Waals surface area contributed by atoms with Crippen molar-refractivity contribution in [2.24, 2.45) is 12.8 Å². The standard InChI is InChI=1S/C12H19N3O3/c1-3-9(16)4-5-14-12(18)10-6-8(11(13)17)7-15(10)2/h6-7,9,16H,3-5H2,1-2H3,(H2,13,17)(H,14,18). The smallest absolute Gasteiger partial charge is 0.267 e. The molecule has 4 N–H and O–H groups in total. The first-order chi connectivity index (χ1) is 8.45. The lowest BCUT2D eigenvalue weighted by atomic mass is 10.2. The summed E-state index contributed by atoms with van der Waals surface area (Å²) in [5, 5.41) is 12.0. The number of nitrogens with two attached hydrogens (primary N) is 1. The van der Waals surface area contributed by atoms with Crippen LogP contribution < -0.4 is 11.1 Å². The molecule has 2 amide bonds. The third-order valence-corrected chi connectivity index (χ3v) is 2.76. The first kappa shape index (κ1) is 14.2. The summed E-state index contributed by atoms with van der Waals surface area (Å²) in [7, 11) is 1.67. The van der Waals surface area contributed by atoms with Crippen molar-refractivity contribution in [1.82, 2.24) is 9.88 Å². The maximum absolute atomic E-state index is 11.8. The molecule has 6 heteroatoms. The number of carbonyl (C=O) groups excluding carboxylic acids is 2. The fourth-order valence-electron chi connectivity index (χ4n) is 1.57. The van der Waals surface area contributed by atoms with E-state index in [2.05, 4.69) is 5.32 Å². The monoisotopic (exact) mass is 253 g/mol. The summed E-state index contributed by atoms with van der Waals surface area (Å²) < 4.78 is 1.55. The molecule has 0 fully saturated rings. The molecule has 0 spiro atoms. The number of amides is 2. The highest BCUT2D eigenvalue weighted by Crippen LogP contribution is 2.06. The number of hydrogen-bond acceptors (Lipinski definition) is 3. The van der Waals surface area contributed by atoms with Gasteiger partial charge in [0.2, 0.25) is 5.91 Å². The number of aliphatic hydroxyl groups is 1. The van der Waals surface area contributed by atoms with Gasteiger partial charge >= 0.3 is 0 Å². The maximum atomic E-state index is 11.8. The zero-order valence-electron chi connectivity index (χ0n) is 10.6. The Bertz CT molecular complexity index is 440. The van der Waals surface area contributed by atoms with E-state index in [1.807, 2.05) is 6.92 Å². The molecule has 18 heavy (non-hydrogen) atoms. The van der Waals surface area contributed by atoms with Gasteiger partial charge in [0.1, 0.15) is 5.69 Å². The van der Waals surface area contributed by atoms with Crippen molar-refractivity contribution >= 4 is 11.8 Å². The lowest BCUT2D eigenvalue weighted by Crippen LogP contribution is -2.28. The largest absolute Gasteiger partial charge is 0.393 e. The summed E-state index contributed by atoms with van der Waals surface area (Å²) in [6.07, 6.45) is 2.28.